The first-order valence-corrected chi connectivity index (χ1v) is 13.6. The van der Waals surface area contributed by atoms with Gasteiger partial charge in [0.1, 0.15) is 11.4 Å². The predicted octanol–water partition coefficient (Wildman–Crippen LogP) is 5.99. The van der Waals surface area contributed by atoms with Crippen LogP contribution in [0.3, 0.4) is 0 Å². The van der Waals surface area contributed by atoms with Gasteiger partial charge in [0, 0.05) is 30.0 Å². The van der Waals surface area contributed by atoms with Crippen molar-refractivity contribution in [2.24, 2.45) is 11.8 Å². The summed E-state index contributed by atoms with van der Waals surface area (Å²) in [7, 11) is 0. The Morgan fingerprint density at radius 3 is 2.55 bits per heavy atom. The lowest BCUT2D eigenvalue weighted by atomic mass is 9.81. The Morgan fingerprint density at radius 1 is 1.18 bits per heavy atom. The van der Waals surface area contributed by atoms with Crippen molar-refractivity contribution in [3.05, 3.63) is 23.4 Å². The maximum absolute atomic E-state index is 13.3. The molecule has 1 aliphatic heterocycles. The van der Waals surface area contributed by atoms with Gasteiger partial charge in [0.2, 0.25) is 0 Å². The average Bonchev–Trinajstić information content (AvgIpc) is 3.25. The number of anilines is 1. The molecule has 1 aliphatic carbocycles. The lowest BCUT2D eigenvalue weighted by Crippen LogP contribution is -2.41. The zero-order valence-corrected chi connectivity index (χ0v) is 21.7. The number of hydrogen-bond acceptors (Lipinski definition) is 6. The van der Waals surface area contributed by atoms with Crippen molar-refractivity contribution in [1.82, 2.24) is 10.3 Å². The fourth-order valence-electron chi connectivity index (χ4n) is 4.67. The van der Waals surface area contributed by atoms with E-state index in [2.05, 4.69) is 22.5 Å². The molecule has 1 amide bonds. The molecule has 1 saturated heterocycles. The van der Waals surface area contributed by atoms with Gasteiger partial charge in [-0.3, -0.25) is 4.79 Å². The molecule has 1 saturated carbocycles. The number of alkyl carbamates (subject to hydrolysis) is 1. The Kier molecular flexibility index (Phi) is 9.08. The molecule has 184 valence electrons. The molecular formula is C26H41N3O3S. The minimum absolute atomic E-state index is 0.0234. The number of ketones is 1. The summed E-state index contributed by atoms with van der Waals surface area (Å²) in [5.41, 5.74) is 1.29. The van der Waals surface area contributed by atoms with Crippen LogP contribution in [0.4, 0.5) is 10.6 Å². The number of thioether (sulfide) groups is 1. The molecule has 33 heavy (non-hydrogen) atoms. The van der Waals surface area contributed by atoms with Crippen molar-refractivity contribution in [2.75, 3.05) is 16.8 Å². The van der Waals surface area contributed by atoms with Gasteiger partial charge in [-0.15, -0.1) is 0 Å². The molecule has 2 fully saturated rings. The molecule has 2 N–H and O–H groups in total. The molecular weight excluding hydrogens is 434 g/mol. The molecule has 1 aromatic heterocycles. The highest BCUT2D eigenvalue weighted by atomic mass is 32.2. The van der Waals surface area contributed by atoms with Crippen LogP contribution in [0.1, 0.15) is 88.6 Å². The molecule has 1 aromatic rings. The van der Waals surface area contributed by atoms with Crippen LogP contribution in [-0.4, -0.2) is 46.1 Å². The van der Waals surface area contributed by atoms with Crippen molar-refractivity contribution in [1.29, 1.82) is 0 Å². The third-order valence-electron chi connectivity index (χ3n) is 6.58. The van der Waals surface area contributed by atoms with Crippen LogP contribution in [0, 0.1) is 18.8 Å². The van der Waals surface area contributed by atoms with Gasteiger partial charge in [-0.1, -0.05) is 6.92 Å². The Labute approximate surface area is 203 Å². The summed E-state index contributed by atoms with van der Waals surface area (Å²) in [6, 6.07) is 2.58. The van der Waals surface area contributed by atoms with Crippen LogP contribution in [-0.2, 0) is 4.74 Å². The van der Waals surface area contributed by atoms with E-state index >= 15 is 0 Å². The maximum Gasteiger partial charge on any atom is 0.407 e. The number of aryl methyl sites for hydroxylation is 1. The Hall–Kier alpha value is -1.76. The van der Waals surface area contributed by atoms with Crippen LogP contribution in [0.5, 0.6) is 0 Å². The van der Waals surface area contributed by atoms with Gasteiger partial charge < -0.3 is 15.4 Å². The van der Waals surface area contributed by atoms with E-state index < -0.39 is 5.60 Å². The van der Waals surface area contributed by atoms with Crippen LogP contribution in [0.25, 0.3) is 0 Å². The first kappa shape index (κ1) is 25.9. The fourth-order valence-corrected chi connectivity index (χ4v) is 5.82. The molecule has 0 spiro atoms. The van der Waals surface area contributed by atoms with Crippen LogP contribution < -0.4 is 10.6 Å². The third kappa shape index (κ3) is 8.20. The van der Waals surface area contributed by atoms with Crippen molar-refractivity contribution < 1.29 is 14.3 Å². The third-order valence-corrected chi connectivity index (χ3v) is 7.75. The van der Waals surface area contributed by atoms with Crippen molar-refractivity contribution in [3.63, 3.8) is 0 Å². The summed E-state index contributed by atoms with van der Waals surface area (Å²) >= 11 is 1.95. The molecule has 3 rings (SSSR count). The second-order valence-electron chi connectivity index (χ2n) is 10.8. The molecule has 0 bridgehead atoms. The van der Waals surface area contributed by atoms with Crippen LogP contribution in [0.2, 0.25) is 0 Å². The van der Waals surface area contributed by atoms with E-state index in [4.69, 9.17) is 4.74 Å². The van der Waals surface area contributed by atoms with E-state index in [1.807, 2.05) is 51.7 Å². The smallest absolute Gasteiger partial charge is 0.407 e. The summed E-state index contributed by atoms with van der Waals surface area (Å²) in [5, 5.41) is 6.53. The topological polar surface area (TPSA) is 80.3 Å². The van der Waals surface area contributed by atoms with Gasteiger partial charge >= 0.3 is 6.09 Å². The van der Waals surface area contributed by atoms with E-state index in [0.29, 0.717) is 12.0 Å². The number of ether oxygens (including phenoxy) is 1. The molecule has 7 heteroatoms. The number of nitrogens with one attached hydrogen (secondary N) is 2. The number of carbonyl (C=O) groups excluding carboxylic acids is 2. The highest BCUT2D eigenvalue weighted by molar-refractivity contribution is 7.99. The van der Waals surface area contributed by atoms with Gasteiger partial charge in [-0.25, -0.2) is 9.78 Å². The first-order chi connectivity index (χ1) is 15.6. The zero-order chi connectivity index (χ0) is 24.0. The average molecular weight is 476 g/mol. The van der Waals surface area contributed by atoms with E-state index in [1.54, 1.807) is 0 Å². The number of Topliss-reactive ketones (excluding diaryl/α,β-unsaturated/α-hetero) is 1. The standard InChI is InChI=1S/C26H41N3O3S/c1-17-14-22(24(27-15-17)28-21-12-13-33-16-21)23(30)18(2)6-7-19-8-10-20(11-9-19)29-25(31)32-26(3,4)5/h14-15,18-21H,6-13,16H2,1-5H3,(H,27,28)(H,29,31). The number of carbonyl (C=O) groups is 2. The molecule has 2 atom stereocenters. The fraction of sp³-hybridized carbons (Fsp3) is 0.731. The molecule has 2 heterocycles. The van der Waals surface area contributed by atoms with E-state index in [0.717, 1.165) is 67.6 Å². The van der Waals surface area contributed by atoms with Gasteiger partial charge in [-0.2, -0.15) is 11.8 Å². The predicted molar refractivity (Wildman–Crippen MR) is 136 cm³/mol. The minimum atomic E-state index is -0.470. The first-order valence-electron chi connectivity index (χ1n) is 12.5. The summed E-state index contributed by atoms with van der Waals surface area (Å²) < 4.78 is 5.38. The highest BCUT2D eigenvalue weighted by Gasteiger charge is 2.27. The lowest BCUT2D eigenvalue weighted by Gasteiger charge is -2.30. The minimum Gasteiger partial charge on any atom is -0.444 e. The zero-order valence-electron chi connectivity index (χ0n) is 20.9. The Morgan fingerprint density at radius 2 is 1.91 bits per heavy atom. The Balaban J connectivity index is 1.46. The van der Waals surface area contributed by atoms with E-state index in [-0.39, 0.29) is 23.8 Å². The Bertz CT molecular complexity index is 809. The molecule has 2 aliphatic rings. The highest BCUT2D eigenvalue weighted by Crippen LogP contribution is 2.31. The number of rotatable bonds is 8. The van der Waals surface area contributed by atoms with Gasteiger partial charge in [0.25, 0.3) is 0 Å². The summed E-state index contributed by atoms with van der Waals surface area (Å²) in [5.74, 6) is 3.77. The summed E-state index contributed by atoms with van der Waals surface area (Å²) in [6.45, 7) is 9.69. The molecule has 0 aromatic carbocycles. The number of pyridine rings is 1. The van der Waals surface area contributed by atoms with E-state index in [1.165, 1.54) is 5.75 Å². The normalized spacial score (nSPS) is 24.2. The number of aromatic nitrogens is 1. The number of hydrogen-bond donors (Lipinski definition) is 2. The van der Waals surface area contributed by atoms with Crippen molar-refractivity contribution >= 4 is 29.5 Å². The second kappa shape index (κ2) is 11.6. The van der Waals surface area contributed by atoms with Crippen molar-refractivity contribution in [2.45, 2.75) is 97.2 Å². The molecule has 6 nitrogen and oxygen atoms in total. The van der Waals surface area contributed by atoms with Gasteiger partial charge in [0.05, 0.1) is 5.56 Å². The largest absolute Gasteiger partial charge is 0.444 e. The van der Waals surface area contributed by atoms with Crippen molar-refractivity contribution in [3.8, 4) is 0 Å². The van der Waals surface area contributed by atoms with Crippen LogP contribution in [0.15, 0.2) is 12.3 Å². The number of nitrogens with zero attached hydrogens (tertiary/aromatic N) is 1. The van der Waals surface area contributed by atoms with Gasteiger partial charge in [0.15, 0.2) is 5.78 Å². The maximum atomic E-state index is 13.3. The summed E-state index contributed by atoms with van der Waals surface area (Å²) in [6.07, 6.45) is 8.69. The molecule has 2 unspecified atom stereocenters. The quantitative estimate of drug-likeness (QED) is 0.450. The number of amides is 1. The monoisotopic (exact) mass is 475 g/mol. The lowest BCUT2D eigenvalue weighted by molar-refractivity contribution is 0.0485. The SMILES string of the molecule is Cc1cnc(NC2CCSC2)c(C(=O)C(C)CCC2CCC(NC(=O)OC(C)(C)C)CC2)c1. The van der Waals surface area contributed by atoms with Crippen LogP contribution >= 0.6 is 11.8 Å². The summed E-state index contributed by atoms with van der Waals surface area (Å²) in [4.78, 5) is 29.9. The second-order valence-corrected chi connectivity index (χ2v) is 12.0. The molecule has 0 radical (unpaired) electrons. The van der Waals surface area contributed by atoms with Gasteiger partial charge in [-0.05, 0) is 95.9 Å². The van der Waals surface area contributed by atoms with E-state index in [9.17, 15) is 9.59 Å².